The van der Waals surface area contributed by atoms with Crippen molar-refractivity contribution in [3.8, 4) is 11.1 Å². The van der Waals surface area contributed by atoms with E-state index in [0.29, 0.717) is 19.0 Å². The quantitative estimate of drug-likeness (QED) is 0.613. The highest BCUT2D eigenvalue weighted by Crippen LogP contribution is 2.36. The summed E-state index contributed by atoms with van der Waals surface area (Å²) in [5.41, 5.74) is 4.28. The summed E-state index contributed by atoms with van der Waals surface area (Å²) in [6.07, 6.45) is 1.06. The Bertz CT molecular complexity index is 1070. The fourth-order valence-corrected chi connectivity index (χ4v) is 5.81. The largest absolute Gasteiger partial charge is 0.370 e. The van der Waals surface area contributed by atoms with E-state index >= 15 is 0 Å². The Morgan fingerprint density at radius 3 is 2.64 bits per heavy atom. The minimum absolute atomic E-state index is 0.115. The number of hydrogen-bond acceptors (Lipinski definition) is 3. The lowest BCUT2D eigenvalue weighted by molar-refractivity contribution is -0.921. The zero-order chi connectivity index (χ0) is 22.9. The van der Waals surface area contributed by atoms with Gasteiger partial charge < -0.3 is 24.0 Å². The molecule has 5 rings (SSSR count). The van der Waals surface area contributed by atoms with Crippen LogP contribution in [0.1, 0.15) is 23.6 Å². The maximum Gasteiger partial charge on any atom is 0.277 e. The third-order valence-corrected chi connectivity index (χ3v) is 7.41. The van der Waals surface area contributed by atoms with Gasteiger partial charge in [0.2, 0.25) is 0 Å². The molecule has 33 heavy (non-hydrogen) atoms. The molecule has 7 nitrogen and oxygen atoms in total. The number of nitrogens with zero attached hydrogens (tertiary/aromatic N) is 2. The predicted octanol–water partition coefficient (Wildman–Crippen LogP) is -0.979. The minimum atomic E-state index is 0.115. The highest BCUT2D eigenvalue weighted by atomic mass is 16.5. The highest BCUT2D eigenvalue weighted by Gasteiger charge is 2.37. The van der Waals surface area contributed by atoms with Crippen LogP contribution in [0.5, 0.6) is 0 Å². The molecule has 3 aliphatic heterocycles. The van der Waals surface area contributed by atoms with Crippen molar-refractivity contribution >= 4 is 5.91 Å². The van der Waals surface area contributed by atoms with E-state index in [1.807, 2.05) is 35.7 Å². The molecule has 0 radical (unpaired) electrons. The normalized spacial score (nSPS) is 22.9. The third kappa shape index (κ3) is 4.63. The number of hydrogen-bond donors (Lipinski definition) is 2. The zero-order valence-electron chi connectivity index (χ0n) is 19.8. The minimum Gasteiger partial charge on any atom is -0.370 e. The van der Waals surface area contributed by atoms with Crippen molar-refractivity contribution < 1.29 is 19.3 Å². The maximum absolute atomic E-state index is 13.7. The Labute approximate surface area is 195 Å². The first-order chi connectivity index (χ1) is 16.0. The van der Waals surface area contributed by atoms with Crippen molar-refractivity contribution in [1.29, 1.82) is 0 Å². The van der Waals surface area contributed by atoms with Crippen LogP contribution >= 0.6 is 0 Å². The van der Waals surface area contributed by atoms with E-state index in [-0.39, 0.29) is 17.4 Å². The molecule has 0 spiro atoms. The van der Waals surface area contributed by atoms with E-state index < -0.39 is 0 Å². The number of ether oxygens (including phenoxy) is 1. The summed E-state index contributed by atoms with van der Waals surface area (Å²) >= 11 is 0. The van der Waals surface area contributed by atoms with Crippen molar-refractivity contribution in [2.24, 2.45) is 5.92 Å². The maximum atomic E-state index is 13.7. The van der Waals surface area contributed by atoms with Gasteiger partial charge in [-0.3, -0.25) is 9.59 Å². The number of likely N-dealkylation sites (tertiary alicyclic amines) is 1. The number of nitrogens with one attached hydrogen (secondary N) is 2. The van der Waals surface area contributed by atoms with Crippen molar-refractivity contribution in [2.45, 2.75) is 25.4 Å². The lowest BCUT2D eigenvalue weighted by Gasteiger charge is -2.42. The monoisotopic (exact) mass is 452 g/mol. The van der Waals surface area contributed by atoms with Crippen LogP contribution in [-0.4, -0.2) is 75.4 Å². The summed E-state index contributed by atoms with van der Waals surface area (Å²) in [6.45, 7) is 7.23. The molecule has 1 aromatic carbocycles. The van der Waals surface area contributed by atoms with Crippen LogP contribution in [-0.2, 0) is 22.6 Å². The molecule has 4 heterocycles. The second kappa shape index (κ2) is 9.41. The molecule has 2 saturated heterocycles. The molecule has 2 N–H and O–H groups in total. The first-order valence-corrected chi connectivity index (χ1v) is 12.3. The summed E-state index contributed by atoms with van der Waals surface area (Å²) in [5, 5.41) is 0. The van der Waals surface area contributed by atoms with E-state index in [1.165, 1.54) is 10.5 Å². The molecular weight excluding hydrogens is 416 g/mol. The van der Waals surface area contributed by atoms with Crippen molar-refractivity contribution in [1.82, 2.24) is 9.47 Å². The third-order valence-electron chi connectivity index (χ3n) is 7.41. The van der Waals surface area contributed by atoms with E-state index in [1.54, 1.807) is 0 Å². The van der Waals surface area contributed by atoms with Gasteiger partial charge in [-0.15, -0.1) is 0 Å². The van der Waals surface area contributed by atoms with Gasteiger partial charge in [-0.25, -0.2) is 0 Å². The number of rotatable bonds is 5. The molecule has 1 aromatic heterocycles. The van der Waals surface area contributed by atoms with E-state index in [9.17, 15) is 9.59 Å². The predicted molar refractivity (Wildman–Crippen MR) is 126 cm³/mol. The van der Waals surface area contributed by atoms with Gasteiger partial charge in [0.1, 0.15) is 19.6 Å². The van der Waals surface area contributed by atoms with E-state index in [0.717, 1.165) is 74.1 Å². The molecule has 0 unspecified atom stereocenters. The number of fused-ring (bicyclic) bond motifs is 4. The Balaban J connectivity index is 1.43. The van der Waals surface area contributed by atoms with Crippen LogP contribution < -0.4 is 15.4 Å². The number of morpholine rings is 1. The highest BCUT2D eigenvalue weighted by molar-refractivity contribution is 5.77. The second-order valence-electron chi connectivity index (χ2n) is 10.3. The van der Waals surface area contributed by atoms with Crippen LogP contribution in [0, 0.1) is 5.92 Å². The number of carbonyl (C=O) groups excluding carboxylic acids is 1. The molecule has 176 valence electrons. The van der Waals surface area contributed by atoms with Crippen LogP contribution in [0.2, 0.25) is 0 Å². The standard InChI is InChI=1S/C26H34N4O3/c1-27(2)18-25(31)29-14-19-13-21(17-29)24-8-7-23(26(32)30(24)15-19)22-6-4-3-5-20(22)16-28-9-11-33-12-10-28/h3-8,19,21H,9-18H2,1-2H3/p+2/t19-,21+/m0/s1. The van der Waals surface area contributed by atoms with Gasteiger partial charge in [-0.05, 0) is 30.0 Å². The van der Waals surface area contributed by atoms with Crippen LogP contribution in [0.15, 0.2) is 41.2 Å². The average Bonchev–Trinajstić information content (AvgIpc) is 2.80. The molecular formula is C26H36N4O3+2. The van der Waals surface area contributed by atoms with Gasteiger partial charge in [0.15, 0.2) is 6.54 Å². The molecule has 0 aliphatic carbocycles. The Kier molecular flexibility index (Phi) is 6.36. The molecule has 2 fully saturated rings. The van der Waals surface area contributed by atoms with Gasteiger partial charge >= 0.3 is 0 Å². The van der Waals surface area contributed by atoms with Gasteiger partial charge in [-0.1, -0.05) is 24.3 Å². The van der Waals surface area contributed by atoms with Crippen molar-refractivity contribution in [2.75, 3.05) is 60.0 Å². The van der Waals surface area contributed by atoms with Gasteiger partial charge in [0.25, 0.3) is 11.5 Å². The van der Waals surface area contributed by atoms with Gasteiger partial charge in [0, 0.05) is 42.4 Å². The molecule has 2 atom stereocenters. The first-order valence-electron chi connectivity index (χ1n) is 12.3. The lowest BCUT2D eigenvalue weighted by atomic mass is 9.82. The van der Waals surface area contributed by atoms with E-state index in [2.05, 4.69) is 24.3 Å². The Morgan fingerprint density at radius 2 is 1.85 bits per heavy atom. The molecule has 1 amide bonds. The number of carbonyl (C=O) groups is 1. The first kappa shape index (κ1) is 22.3. The summed E-state index contributed by atoms with van der Waals surface area (Å²) in [7, 11) is 4.02. The van der Waals surface area contributed by atoms with Gasteiger partial charge in [-0.2, -0.15) is 0 Å². The summed E-state index contributed by atoms with van der Waals surface area (Å²) in [4.78, 5) is 31.1. The Morgan fingerprint density at radius 1 is 1.06 bits per heavy atom. The van der Waals surface area contributed by atoms with Crippen LogP contribution in [0.4, 0.5) is 0 Å². The van der Waals surface area contributed by atoms with E-state index in [4.69, 9.17) is 4.74 Å². The van der Waals surface area contributed by atoms with Crippen LogP contribution in [0.3, 0.4) is 0 Å². The number of benzene rings is 1. The molecule has 2 aromatic rings. The van der Waals surface area contributed by atoms with Crippen molar-refractivity contribution in [3.05, 3.63) is 58.0 Å². The topological polar surface area (TPSA) is 60.4 Å². The summed E-state index contributed by atoms with van der Waals surface area (Å²) in [5.74, 6) is 0.809. The number of likely N-dealkylation sites (N-methyl/N-ethyl adjacent to an activating group) is 1. The SMILES string of the molecule is C[NH+](C)CC(=O)N1C[C@@H]2C[C@H](C1)c1ccc(-c3ccccc3C[NH+]3CCOCC3)c(=O)n1C2. The molecule has 0 saturated carbocycles. The number of quaternary nitrogens is 2. The lowest BCUT2D eigenvalue weighted by Crippen LogP contribution is -3.12. The molecule has 2 bridgehead atoms. The molecule has 3 aliphatic rings. The number of amides is 1. The molecule has 7 heteroatoms. The number of aromatic nitrogens is 1. The smallest absolute Gasteiger partial charge is 0.277 e. The Hall–Kier alpha value is -2.48. The van der Waals surface area contributed by atoms with Crippen LogP contribution in [0.25, 0.3) is 11.1 Å². The fraction of sp³-hybridized carbons (Fsp3) is 0.538. The zero-order valence-corrected chi connectivity index (χ0v) is 19.8. The number of pyridine rings is 1. The fourth-order valence-electron chi connectivity index (χ4n) is 5.81. The summed E-state index contributed by atoms with van der Waals surface area (Å²) in [6, 6.07) is 12.5. The number of piperidine rings is 1. The van der Waals surface area contributed by atoms with Crippen molar-refractivity contribution in [3.63, 3.8) is 0 Å². The average molecular weight is 453 g/mol. The summed E-state index contributed by atoms with van der Waals surface area (Å²) < 4.78 is 7.52. The second-order valence-corrected chi connectivity index (χ2v) is 10.3. The van der Waals surface area contributed by atoms with Gasteiger partial charge in [0.05, 0.1) is 27.3 Å².